The van der Waals surface area contributed by atoms with E-state index in [1.54, 1.807) is 38.4 Å². The molecule has 2 amide bonds. The van der Waals surface area contributed by atoms with Crippen LogP contribution in [0.5, 0.6) is 5.75 Å². The molecule has 31 heavy (non-hydrogen) atoms. The summed E-state index contributed by atoms with van der Waals surface area (Å²) in [5.74, 6) is 0.979. The second kappa shape index (κ2) is 8.31. The van der Waals surface area contributed by atoms with Gasteiger partial charge in [-0.05, 0) is 42.5 Å². The van der Waals surface area contributed by atoms with Crippen LogP contribution in [0, 0.1) is 0 Å². The fourth-order valence-electron chi connectivity index (χ4n) is 3.28. The number of carbonyl (C=O) groups excluding carboxylic acids is 2. The summed E-state index contributed by atoms with van der Waals surface area (Å²) in [4.78, 5) is 25.7. The van der Waals surface area contributed by atoms with Gasteiger partial charge in [0.05, 0.1) is 12.6 Å². The lowest BCUT2D eigenvalue weighted by molar-refractivity contribution is -0.494. The summed E-state index contributed by atoms with van der Waals surface area (Å²) in [6, 6.07) is 22.2. The number of imidazole rings is 1. The number of amides is 2. The van der Waals surface area contributed by atoms with Gasteiger partial charge in [0.1, 0.15) is 17.6 Å². The van der Waals surface area contributed by atoms with Gasteiger partial charge in [0.25, 0.3) is 0 Å². The number of benzene rings is 2. The molecule has 4 aromatic rings. The molecule has 2 aromatic carbocycles. The molecule has 0 saturated carbocycles. The van der Waals surface area contributed by atoms with Crippen LogP contribution in [-0.4, -0.2) is 35.6 Å². The number of aromatic nitrogens is 2. The first-order valence-electron chi connectivity index (χ1n) is 9.80. The molecule has 7 heteroatoms. The van der Waals surface area contributed by atoms with Crippen LogP contribution in [0.1, 0.15) is 10.4 Å². The molecule has 0 radical (unpaired) electrons. The first-order valence-corrected chi connectivity index (χ1v) is 9.80. The third-order valence-electron chi connectivity index (χ3n) is 4.96. The van der Waals surface area contributed by atoms with E-state index in [9.17, 15) is 9.59 Å². The lowest BCUT2D eigenvalue weighted by Gasteiger charge is -2.10. The van der Waals surface area contributed by atoms with Crippen LogP contribution in [0.3, 0.4) is 0 Å². The topological polar surface area (TPSA) is 67.7 Å². The standard InChI is InChI=1S/C24H22N4O3/c1-26(2)24(30)31-19-14-12-17(13-15-19)20-16-28-21(10-7-11-22(28)27(20)3)25-23(29)18-8-5-4-6-9-18/h4-16H,1-3H3/p+1. The first kappa shape index (κ1) is 20.2. The van der Waals surface area contributed by atoms with Crippen molar-refractivity contribution < 1.29 is 18.7 Å². The number of ether oxygens (including phenoxy) is 1. The molecule has 2 aromatic heterocycles. The van der Waals surface area contributed by atoms with E-state index in [0.717, 1.165) is 16.9 Å². The maximum atomic E-state index is 12.6. The fourth-order valence-corrected chi connectivity index (χ4v) is 3.28. The van der Waals surface area contributed by atoms with E-state index in [-0.39, 0.29) is 5.91 Å². The molecule has 4 rings (SSSR count). The van der Waals surface area contributed by atoms with Crippen LogP contribution in [0.2, 0.25) is 0 Å². The number of carbonyl (C=O) groups is 2. The Hall–Kier alpha value is -4.13. The summed E-state index contributed by atoms with van der Waals surface area (Å²) in [6.45, 7) is 0. The molecule has 0 aliphatic rings. The zero-order valence-corrected chi connectivity index (χ0v) is 17.6. The predicted octanol–water partition coefficient (Wildman–Crippen LogP) is 3.74. The Labute approximate surface area is 180 Å². The molecule has 0 atom stereocenters. The maximum absolute atomic E-state index is 12.6. The van der Waals surface area contributed by atoms with Gasteiger partial charge < -0.3 is 9.64 Å². The van der Waals surface area contributed by atoms with Gasteiger partial charge in [0.15, 0.2) is 0 Å². The van der Waals surface area contributed by atoms with E-state index >= 15 is 0 Å². The Morgan fingerprint density at radius 1 is 0.935 bits per heavy atom. The highest BCUT2D eigenvalue weighted by atomic mass is 16.6. The average molecular weight is 415 g/mol. The smallest absolute Gasteiger partial charge is 0.410 e. The van der Waals surface area contributed by atoms with Gasteiger partial charge in [-0.25, -0.2) is 14.5 Å². The highest BCUT2D eigenvalue weighted by Gasteiger charge is 2.19. The summed E-state index contributed by atoms with van der Waals surface area (Å²) in [7, 11) is 5.24. The monoisotopic (exact) mass is 415 g/mol. The van der Waals surface area contributed by atoms with Gasteiger partial charge in [-0.2, -0.15) is 0 Å². The van der Waals surface area contributed by atoms with Crippen LogP contribution in [0.4, 0.5) is 10.6 Å². The van der Waals surface area contributed by atoms with Crippen molar-refractivity contribution in [3.63, 3.8) is 0 Å². The summed E-state index contributed by atoms with van der Waals surface area (Å²) >= 11 is 0. The largest absolute Gasteiger partial charge is 0.414 e. The van der Waals surface area contributed by atoms with Crippen molar-refractivity contribution in [2.24, 2.45) is 7.05 Å². The Balaban J connectivity index is 1.64. The molecule has 1 N–H and O–H groups in total. The van der Waals surface area contributed by atoms with Gasteiger partial charge in [-0.1, -0.05) is 18.2 Å². The van der Waals surface area contributed by atoms with E-state index in [0.29, 0.717) is 17.1 Å². The van der Waals surface area contributed by atoms with E-state index in [2.05, 4.69) is 5.32 Å². The van der Waals surface area contributed by atoms with Crippen molar-refractivity contribution in [2.45, 2.75) is 0 Å². The van der Waals surface area contributed by atoms with Crippen molar-refractivity contribution in [2.75, 3.05) is 19.4 Å². The number of rotatable bonds is 4. The second-order valence-corrected chi connectivity index (χ2v) is 7.32. The third-order valence-corrected chi connectivity index (χ3v) is 4.96. The highest BCUT2D eigenvalue weighted by Crippen LogP contribution is 2.24. The highest BCUT2D eigenvalue weighted by molar-refractivity contribution is 6.03. The number of anilines is 1. The number of hydrogen-bond donors (Lipinski definition) is 1. The minimum atomic E-state index is -0.424. The quantitative estimate of drug-likeness (QED) is 0.516. The van der Waals surface area contributed by atoms with Crippen LogP contribution < -0.4 is 14.5 Å². The van der Waals surface area contributed by atoms with Crippen molar-refractivity contribution in [3.05, 3.63) is 84.6 Å². The Bertz CT molecular complexity index is 1250. The summed E-state index contributed by atoms with van der Waals surface area (Å²) in [6.07, 6.45) is 1.54. The Kier molecular flexibility index (Phi) is 5.41. The SMILES string of the molecule is CN(C)C(=O)Oc1ccc(-c2c[n+]3c(NC(=O)c4ccccc4)cccc3n2C)cc1. The maximum Gasteiger partial charge on any atom is 0.414 e. The molecular formula is C24H23N4O3+. The van der Waals surface area contributed by atoms with Crippen LogP contribution >= 0.6 is 0 Å². The van der Waals surface area contributed by atoms with Crippen molar-refractivity contribution >= 4 is 23.5 Å². The van der Waals surface area contributed by atoms with E-state index < -0.39 is 6.09 Å². The number of fused-ring (bicyclic) bond motifs is 1. The van der Waals surface area contributed by atoms with E-state index in [4.69, 9.17) is 4.74 Å². The molecule has 2 heterocycles. The lowest BCUT2D eigenvalue weighted by atomic mass is 10.1. The van der Waals surface area contributed by atoms with E-state index in [1.807, 2.05) is 70.7 Å². The molecule has 0 fully saturated rings. The number of hydrogen-bond acceptors (Lipinski definition) is 3. The lowest BCUT2D eigenvalue weighted by Crippen LogP contribution is -2.28. The predicted molar refractivity (Wildman–Crippen MR) is 118 cm³/mol. The molecule has 0 aliphatic heterocycles. The Morgan fingerprint density at radius 3 is 2.32 bits per heavy atom. The summed E-state index contributed by atoms with van der Waals surface area (Å²) in [5, 5.41) is 2.98. The number of nitrogens with one attached hydrogen (secondary N) is 1. The zero-order chi connectivity index (χ0) is 22.0. The molecule has 0 saturated heterocycles. The summed E-state index contributed by atoms with van der Waals surface area (Å²) < 4.78 is 9.27. The van der Waals surface area contributed by atoms with Gasteiger partial charge in [-0.15, -0.1) is 0 Å². The average Bonchev–Trinajstić information content (AvgIpc) is 3.12. The zero-order valence-electron chi connectivity index (χ0n) is 17.6. The van der Waals surface area contributed by atoms with E-state index in [1.165, 1.54) is 4.90 Å². The van der Waals surface area contributed by atoms with Crippen LogP contribution in [0.25, 0.3) is 16.9 Å². The van der Waals surface area contributed by atoms with Crippen LogP contribution in [0.15, 0.2) is 79.0 Å². The first-order chi connectivity index (χ1) is 14.9. The normalized spacial score (nSPS) is 10.7. The number of nitrogens with zero attached hydrogens (tertiary/aromatic N) is 3. The van der Waals surface area contributed by atoms with Gasteiger partial charge in [0, 0.05) is 31.8 Å². The van der Waals surface area contributed by atoms with Crippen molar-refractivity contribution in [1.29, 1.82) is 0 Å². The molecule has 0 unspecified atom stereocenters. The van der Waals surface area contributed by atoms with Crippen molar-refractivity contribution in [1.82, 2.24) is 9.47 Å². The third kappa shape index (κ3) is 4.11. The Morgan fingerprint density at radius 2 is 1.65 bits per heavy atom. The second-order valence-electron chi connectivity index (χ2n) is 7.32. The molecule has 7 nitrogen and oxygen atoms in total. The van der Waals surface area contributed by atoms with Gasteiger partial charge >= 0.3 is 12.0 Å². The molecule has 0 bridgehead atoms. The fraction of sp³-hybridized carbons (Fsp3) is 0.125. The molecule has 0 spiro atoms. The van der Waals surface area contributed by atoms with Gasteiger partial charge in [0.2, 0.25) is 11.5 Å². The summed E-state index contributed by atoms with van der Waals surface area (Å²) in [5.41, 5.74) is 3.42. The number of pyridine rings is 1. The minimum absolute atomic E-state index is 0.168. The molecule has 0 aliphatic carbocycles. The van der Waals surface area contributed by atoms with Crippen molar-refractivity contribution in [3.8, 4) is 17.0 Å². The number of aryl methyl sites for hydroxylation is 1. The van der Waals surface area contributed by atoms with Crippen LogP contribution in [-0.2, 0) is 7.05 Å². The molecule has 156 valence electrons. The minimum Gasteiger partial charge on any atom is -0.410 e. The van der Waals surface area contributed by atoms with Gasteiger partial charge in [-0.3, -0.25) is 9.36 Å². The molecular weight excluding hydrogens is 392 g/mol.